The molecule has 0 N–H and O–H groups in total. The summed E-state index contributed by atoms with van der Waals surface area (Å²) >= 11 is 0. The van der Waals surface area contributed by atoms with Crippen LogP contribution in [0.15, 0.2) is 30.5 Å². The van der Waals surface area contributed by atoms with Crippen molar-refractivity contribution >= 4 is 5.91 Å². The summed E-state index contributed by atoms with van der Waals surface area (Å²) in [5, 5.41) is 4.45. The molecule has 2 heterocycles. The molecule has 132 valence electrons. The quantitative estimate of drug-likeness (QED) is 0.839. The van der Waals surface area contributed by atoms with Crippen molar-refractivity contribution in [2.75, 3.05) is 19.8 Å². The van der Waals surface area contributed by atoms with Gasteiger partial charge < -0.3 is 9.64 Å². The Hall–Kier alpha value is -2.21. The standard InChI is InChI=1S/C19H22FN3O2/c1-13-10-15(20)2-5-18(13)23-8-6-17(21-23)19(24)22(16-3-4-16)11-14-7-9-25-12-14/h2,5-6,8,10,14,16H,3-4,7,9,11-12H2,1H3/t14-/m1/s1. The molecule has 2 fully saturated rings. The average Bonchev–Trinajstić information content (AvgIpc) is 3.09. The fraction of sp³-hybridized carbons (Fsp3) is 0.474. The van der Waals surface area contributed by atoms with E-state index in [1.165, 1.54) is 12.1 Å². The second-order valence-corrected chi connectivity index (χ2v) is 6.99. The average molecular weight is 343 g/mol. The topological polar surface area (TPSA) is 47.4 Å². The lowest BCUT2D eigenvalue weighted by Crippen LogP contribution is -2.37. The van der Waals surface area contributed by atoms with Crippen molar-refractivity contribution in [2.24, 2.45) is 5.92 Å². The van der Waals surface area contributed by atoms with E-state index < -0.39 is 0 Å². The van der Waals surface area contributed by atoms with E-state index in [-0.39, 0.29) is 11.7 Å². The van der Waals surface area contributed by atoms with Crippen LogP contribution in [0.3, 0.4) is 0 Å². The van der Waals surface area contributed by atoms with Gasteiger partial charge in [0.25, 0.3) is 5.91 Å². The van der Waals surface area contributed by atoms with Crippen molar-refractivity contribution in [3.63, 3.8) is 0 Å². The van der Waals surface area contributed by atoms with Crippen LogP contribution in [0, 0.1) is 18.7 Å². The molecule has 1 saturated carbocycles. The molecule has 25 heavy (non-hydrogen) atoms. The van der Waals surface area contributed by atoms with Crippen LogP contribution < -0.4 is 0 Å². The molecule has 4 rings (SSSR count). The van der Waals surface area contributed by atoms with Crippen LogP contribution in [0.4, 0.5) is 4.39 Å². The number of aryl methyl sites for hydroxylation is 1. The SMILES string of the molecule is Cc1cc(F)ccc1-n1ccc(C(=O)N(C[C@H]2CCOC2)C2CC2)n1. The lowest BCUT2D eigenvalue weighted by atomic mass is 10.1. The van der Waals surface area contributed by atoms with Crippen LogP contribution in [-0.2, 0) is 4.74 Å². The molecule has 1 atom stereocenters. The van der Waals surface area contributed by atoms with E-state index in [1.807, 2.05) is 11.8 Å². The minimum Gasteiger partial charge on any atom is -0.381 e. The zero-order chi connectivity index (χ0) is 17.4. The van der Waals surface area contributed by atoms with E-state index in [2.05, 4.69) is 5.10 Å². The molecule has 2 aromatic rings. The molecule has 1 aromatic carbocycles. The number of nitrogens with zero attached hydrogens (tertiary/aromatic N) is 3. The summed E-state index contributed by atoms with van der Waals surface area (Å²) in [5.41, 5.74) is 2.00. The lowest BCUT2D eigenvalue weighted by molar-refractivity contribution is 0.0700. The maximum Gasteiger partial charge on any atom is 0.274 e. The molecule has 1 aliphatic heterocycles. The number of halogens is 1. The van der Waals surface area contributed by atoms with Crippen molar-refractivity contribution in [2.45, 2.75) is 32.2 Å². The number of ether oxygens (including phenoxy) is 1. The van der Waals surface area contributed by atoms with E-state index >= 15 is 0 Å². The van der Waals surface area contributed by atoms with Gasteiger partial charge in [-0.2, -0.15) is 5.10 Å². The van der Waals surface area contributed by atoms with Gasteiger partial charge in [-0.15, -0.1) is 0 Å². The number of hydrogen-bond donors (Lipinski definition) is 0. The van der Waals surface area contributed by atoms with Gasteiger partial charge in [-0.05, 0) is 56.0 Å². The van der Waals surface area contributed by atoms with Gasteiger partial charge in [0, 0.05) is 31.3 Å². The van der Waals surface area contributed by atoms with E-state index in [0.29, 0.717) is 17.7 Å². The molecule has 5 nitrogen and oxygen atoms in total. The van der Waals surface area contributed by atoms with Crippen molar-refractivity contribution < 1.29 is 13.9 Å². The van der Waals surface area contributed by atoms with Crippen molar-refractivity contribution in [3.05, 3.63) is 47.5 Å². The van der Waals surface area contributed by atoms with Crippen molar-refractivity contribution in [1.29, 1.82) is 0 Å². The summed E-state index contributed by atoms with van der Waals surface area (Å²) in [6.45, 7) is 4.10. The van der Waals surface area contributed by atoms with E-state index in [4.69, 9.17) is 4.74 Å². The fourth-order valence-electron chi connectivity index (χ4n) is 3.38. The molecule has 0 spiro atoms. The predicted molar refractivity (Wildman–Crippen MR) is 91.2 cm³/mol. The van der Waals surface area contributed by atoms with Gasteiger partial charge in [-0.3, -0.25) is 4.79 Å². The third-order valence-corrected chi connectivity index (χ3v) is 4.94. The zero-order valence-electron chi connectivity index (χ0n) is 14.3. The van der Waals surface area contributed by atoms with Crippen molar-refractivity contribution in [1.82, 2.24) is 14.7 Å². The zero-order valence-corrected chi connectivity index (χ0v) is 14.3. The van der Waals surface area contributed by atoms with Gasteiger partial charge in [0.15, 0.2) is 5.69 Å². The second kappa shape index (κ2) is 6.59. The first kappa shape index (κ1) is 16.3. The Bertz CT molecular complexity index is 779. The lowest BCUT2D eigenvalue weighted by Gasteiger charge is -2.24. The highest BCUT2D eigenvalue weighted by atomic mass is 19.1. The molecular formula is C19H22FN3O2. The van der Waals surface area contributed by atoms with Crippen LogP contribution in [-0.4, -0.2) is 46.4 Å². The Morgan fingerprint density at radius 2 is 2.20 bits per heavy atom. The second-order valence-electron chi connectivity index (χ2n) is 6.99. The first-order valence-electron chi connectivity index (χ1n) is 8.83. The van der Waals surface area contributed by atoms with Gasteiger partial charge >= 0.3 is 0 Å². The monoisotopic (exact) mass is 343 g/mol. The Kier molecular flexibility index (Phi) is 4.29. The number of benzene rings is 1. The van der Waals surface area contributed by atoms with Crippen LogP contribution in [0.1, 0.15) is 35.3 Å². The highest BCUT2D eigenvalue weighted by Gasteiger charge is 2.36. The normalized spacial score (nSPS) is 20.0. The third-order valence-electron chi connectivity index (χ3n) is 4.94. The highest BCUT2D eigenvalue weighted by Crippen LogP contribution is 2.30. The highest BCUT2D eigenvalue weighted by molar-refractivity contribution is 5.92. The van der Waals surface area contributed by atoms with Gasteiger partial charge in [-0.25, -0.2) is 9.07 Å². The Morgan fingerprint density at radius 3 is 2.88 bits per heavy atom. The Labute approximate surface area is 146 Å². The number of hydrogen-bond acceptors (Lipinski definition) is 3. The van der Waals surface area contributed by atoms with Crippen molar-refractivity contribution in [3.8, 4) is 5.69 Å². The van der Waals surface area contributed by atoms with Crippen LogP contribution in [0.25, 0.3) is 5.69 Å². The molecule has 0 unspecified atom stereocenters. The molecule has 1 amide bonds. The van der Waals surface area contributed by atoms with E-state index in [0.717, 1.165) is 50.3 Å². The summed E-state index contributed by atoms with van der Waals surface area (Å²) in [7, 11) is 0. The molecule has 0 bridgehead atoms. The maximum absolute atomic E-state index is 13.3. The minimum atomic E-state index is -0.275. The number of carbonyl (C=O) groups is 1. The molecule has 1 saturated heterocycles. The van der Waals surface area contributed by atoms with Gasteiger partial charge in [0.1, 0.15) is 5.82 Å². The van der Waals surface area contributed by atoms with Crippen LogP contribution in [0.2, 0.25) is 0 Å². The molecule has 2 aliphatic rings. The largest absolute Gasteiger partial charge is 0.381 e. The number of amides is 1. The first-order chi connectivity index (χ1) is 12.1. The van der Waals surface area contributed by atoms with Crippen LogP contribution in [0.5, 0.6) is 0 Å². The van der Waals surface area contributed by atoms with E-state index in [1.54, 1.807) is 23.0 Å². The summed E-state index contributed by atoms with van der Waals surface area (Å²) in [5.74, 6) is 0.127. The number of rotatable bonds is 5. The summed E-state index contributed by atoms with van der Waals surface area (Å²) < 4.78 is 20.4. The van der Waals surface area contributed by atoms with Gasteiger partial charge in [0.05, 0.1) is 12.3 Å². The Balaban J connectivity index is 1.54. The number of carbonyl (C=O) groups excluding carboxylic acids is 1. The summed E-state index contributed by atoms with van der Waals surface area (Å²) in [6.07, 6.45) is 4.91. The Morgan fingerprint density at radius 1 is 1.36 bits per heavy atom. The van der Waals surface area contributed by atoms with Gasteiger partial charge in [0.2, 0.25) is 0 Å². The fourth-order valence-corrected chi connectivity index (χ4v) is 3.38. The molecule has 0 radical (unpaired) electrons. The smallest absolute Gasteiger partial charge is 0.274 e. The predicted octanol–water partition coefficient (Wildman–Crippen LogP) is 2.96. The number of aromatic nitrogens is 2. The molecular weight excluding hydrogens is 321 g/mol. The van der Waals surface area contributed by atoms with Crippen LogP contribution >= 0.6 is 0 Å². The third kappa shape index (κ3) is 3.44. The molecule has 1 aliphatic carbocycles. The maximum atomic E-state index is 13.3. The van der Waals surface area contributed by atoms with Gasteiger partial charge in [-0.1, -0.05) is 0 Å². The minimum absolute atomic E-state index is 0.0204. The molecule has 1 aromatic heterocycles. The van der Waals surface area contributed by atoms with E-state index in [9.17, 15) is 9.18 Å². The summed E-state index contributed by atoms with van der Waals surface area (Å²) in [4.78, 5) is 14.9. The molecule has 6 heteroatoms. The summed E-state index contributed by atoms with van der Waals surface area (Å²) in [6, 6.07) is 6.63. The first-order valence-corrected chi connectivity index (χ1v) is 8.83.